The van der Waals surface area contributed by atoms with E-state index in [-0.39, 0.29) is 31.1 Å². The maximum Gasteiger partial charge on any atom is 0.338 e. The van der Waals surface area contributed by atoms with E-state index in [1.807, 2.05) is 19.2 Å². The van der Waals surface area contributed by atoms with Crippen LogP contribution in [-0.4, -0.2) is 71.2 Å². The number of thiazole rings is 1. The molecule has 1 aromatic carbocycles. The first-order valence-corrected chi connectivity index (χ1v) is 14.0. The van der Waals surface area contributed by atoms with Crippen molar-refractivity contribution in [2.45, 2.75) is 45.4 Å². The highest BCUT2D eigenvalue weighted by Crippen LogP contribution is 2.37. The van der Waals surface area contributed by atoms with Crippen LogP contribution in [-0.2, 0) is 19.1 Å². The van der Waals surface area contributed by atoms with Crippen molar-refractivity contribution in [1.29, 1.82) is 0 Å². The van der Waals surface area contributed by atoms with Crippen molar-refractivity contribution in [3.05, 3.63) is 61.9 Å². The molecule has 38 heavy (non-hydrogen) atoms. The van der Waals surface area contributed by atoms with E-state index in [2.05, 4.69) is 31.1 Å². The number of hydrogen-bond donors (Lipinski definition) is 2. The van der Waals surface area contributed by atoms with Gasteiger partial charge in [-0.25, -0.2) is 14.2 Å². The van der Waals surface area contributed by atoms with Gasteiger partial charge < -0.3 is 19.9 Å². The maximum atomic E-state index is 14.0. The van der Waals surface area contributed by atoms with Crippen molar-refractivity contribution < 1.29 is 28.6 Å². The summed E-state index contributed by atoms with van der Waals surface area (Å²) in [6.45, 7) is 7.06. The zero-order valence-corrected chi connectivity index (χ0v) is 23.7. The lowest BCUT2D eigenvalue weighted by Crippen LogP contribution is -2.55. The summed E-state index contributed by atoms with van der Waals surface area (Å²) in [6.07, 6.45) is 1.45. The number of nitrogens with one attached hydrogen (secondary N) is 1. The number of aliphatic carboxylic acids is 1. The second kappa shape index (κ2) is 12.5. The fraction of sp³-hybridized carbons (Fsp3) is 0.462. The van der Waals surface area contributed by atoms with Crippen LogP contribution in [0.2, 0.25) is 0 Å². The molecule has 0 aliphatic carbocycles. The van der Waals surface area contributed by atoms with E-state index in [0.717, 1.165) is 0 Å². The Labute approximate surface area is 232 Å². The van der Waals surface area contributed by atoms with Crippen LogP contribution in [0.5, 0.6) is 0 Å². The predicted octanol–water partition coefficient (Wildman–Crippen LogP) is 4.15. The molecule has 0 bridgehead atoms. The van der Waals surface area contributed by atoms with Crippen molar-refractivity contribution in [3.63, 3.8) is 0 Å². The molecule has 0 spiro atoms. The number of carbonyl (C=O) groups is 2. The summed E-state index contributed by atoms with van der Waals surface area (Å²) >= 11 is 4.85. The first-order valence-electron chi connectivity index (χ1n) is 12.4. The number of carboxylic acids is 1. The topological polar surface area (TPSA) is 113 Å². The lowest BCUT2D eigenvalue weighted by Gasteiger charge is -2.43. The van der Waals surface area contributed by atoms with Gasteiger partial charge >= 0.3 is 11.9 Å². The van der Waals surface area contributed by atoms with Crippen LogP contribution in [0.25, 0.3) is 0 Å². The number of ether oxygens (including phenoxy) is 2. The van der Waals surface area contributed by atoms with Crippen molar-refractivity contribution in [2.24, 2.45) is 10.9 Å². The van der Waals surface area contributed by atoms with E-state index < -0.39 is 23.8 Å². The molecule has 4 atom stereocenters. The van der Waals surface area contributed by atoms with Gasteiger partial charge in [-0.2, -0.15) is 0 Å². The first kappa shape index (κ1) is 28.3. The zero-order chi connectivity index (χ0) is 27.4. The Balaban J connectivity index is 1.81. The smallest absolute Gasteiger partial charge is 0.338 e. The number of carbonyl (C=O) groups excluding carboxylic acids is 1. The monoisotopic (exact) mass is 608 g/mol. The Bertz CT molecular complexity index is 1240. The molecule has 1 fully saturated rings. The zero-order valence-electron chi connectivity index (χ0n) is 21.3. The molecule has 3 heterocycles. The summed E-state index contributed by atoms with van der Waals surface area (Å²) in [5, 5.41) is 15.2. The molecule has 2 aromatic rings. The largest absolute Gasteiger partial charge is 0.481 e. The van der Waals surface area contributed by atoms with Crippen LogP contribution in [0, 0.1) is 11.7 Å². The number of morpholine rings is 1. The van der Waals surface area contributed by atoms with Crippen molar-refractivity contribution in [2.75, 3.05) is 26.3 Å². The molecular formula is C26H30BrFN4O5S. The summed E-state index contributed by atoms with van der Waals surface area (Å²) < 4.78 is 25.8. The van der Waals surface area contributed by atoms with Crippen molar-refractivity contribution in [1.82, 2.24) is 15.2 Å². The highest BCUT2D eigenvalue weighted by Gasteiger charge is 2.39. The van der Waals surface area contributed by atoms with Crippen molar-refractivity contribution in [3.8, 4) is 0 Å². The summed E-state index contributed by atoms with van der Waals surface area (Å²) in [5.41, 5.74) is 1.49. The average Bonchev–Trinajstić information content (AvgIpc) is 3.38. The third-order valence-corrected chi connectivity index (χ3v) is 8.08. The van der Waals surface area contributed by atoms with Crippen LogP contribution in [0.15, 0.2) is 50.5 Å². The minimum atomic E-state index is -0.878. The van der Waals surface area contributed by atoms with Gasteiger partial charge in [0.05, 0.1) is 24.9 Å². The Morgan fingerprint density at radius 2 is 2.21 bits per heavy atom. The molecule has 0 saturated carbocycles. The third kappa shape index (κ3) is 6.31. The summed E-state index contributed by atoms with van der Waals surface area (Å²) in [4.78, 5) is 36.3. The molecule has 2 aliphatic rings. The van der Waals surface area contributed by atoms with Gasteiger partial charge in [0.1, 0.15) is 11.9 Å². The summed E-state index contributed by atoms with van der Waals surface area (Å²) in [7, 11) is 0. The molecule has 12 heteroatoms. The Hall–Kier alpha value is -2.67. The van der Waals surface area contributed by atoms with Gasteiger partial charge in [0.15, 0.2) is 10.8 Å². The predicted molar refractivity (Wildman–Crippen MR) is 144 cm³/mol. The van der Waals surface area contributed by atoms with Crippen molar-refractivity contribution >= 4 is 45.0 Å². The number of amidine groups is 1. The van der Waals surface area contributed by atoms with Crippen LogP contribution < -0.4 is 5.32 Å². The molecule has 2 N–H and O–H groups in total. The van der Waals surface area contributed by atoms with Gasteiger partial charge in [-0.1, -0.05) is 28.9 Å². The van der Waals surface area contributed by atoms with Crippen LogP contribution >= 0.6 is 27.3 Å². The second-order valence-corrected chi connectivity index (χ2v) is 11.0. The molecule has 9 nitrogen and oxygen atoms in total. The molecular weight excluding hydrogens is 579 g/mol. The summed E-state index contributed by atoms with van der Waals surface area (Å²) in [6, 6.07) is 3.29. The van der Waals surface area contributed by atoms with E-state index in [1.54, 1.807) is 19.2 Å². The number of esters is 1. The SMILES string of the molecule is CCOC(=O)C1=C(CN2CCO[C@H](C)[C@H]2C(C)CC(=O)O)NC(c2nccs2)=N[C@H]1c1ccc(F)cc1Br. The number of rotatable bonds is 9. The number of aliphatic imine (C=N–C) groups is 1. The third-order valence-electron chi connectivity index (χ3n) is 6.62. The Morgan fingerprint density at radius 3 is 2.87 bits per heavy atom. The molecule has 1 aromatic heterocycles. The minimum Gasteiger partial charge on any atom is -0.481 e. The molecule has 1 unspecified atom stereocenters. The number of nitrogens with zero attached hydrogens (tertiary/aromatic N) is 3. The van der Waals surface area contributed by atoms with Gasteiger partial charge in [0, 0.05) is 47.3 Å². The van der Waals surface area contributed by atoms with Gasteiger partial charge in [-0.15, -0.1) is 11.3 Å². The molecule has 2 aliphatic heterocycles. The highest BCUT2D eigenvalue weighted by molar-refractivity contribution is 9.10. The number of aromatic nitrogens is 1. The van der Waals surface area contributed by atoms with E-state index >= 15 is 0 Å². The first-order chi connectivity index (χ1) is 18.2. The fourth-order valence-electron chi connectivity index (χ4n) is 5.07. The maximum absolute atomic E-state index is 14.0. The number of halogens is 2. The number of carboxylic acid groups (broad SMARTS) is 1. The molecule has 4 rings (SSSR count). The number of hydrogen-bond acceptors (Lipinski definition) is 9. The minimum absolute atomic E-state index is 0.0109. The van der Waals surface area contributed by atoms with E-state index in [9.17, 15) is 19.1 Å². The normalized spacial score (nSPS) is 23.0. The molecule has 204 valence electrons. The van der Waals surface area contributed by atoms with Gasteiger partial charge in [0.25, 0.3) is 0 Å². The van der Waals surface area contributed by atoms with Crippen LogP contribution in [0.1, 0.15) is 43.8 Å². The van der Waals surface area contributed by atoms with E-state index in [4.69, 9.17) is 14.5 Å². The van der Waals surface area contributed by atoms with Crippen LogP contribution in [0.3, 0.4) is 0 Å². The van der Waals surface area contributed by atoms with E-state index in [1.165, 1.54) is 23.5 Å². The Kier molecular flexibility index (Phi) is 9.29. The van der Waals surface area contributed by atoms with Gasteiger partial charge in [0.2, 0.25) is 0 Å². The second-order valence-electron chi connectivity index (χ2n) is 9.23. The molecule has 1 saturated heterocycles. The van der Waals surface area contributed by atoms with E-state index in [0.29, 0.717) is 51.8 Å². The lowest BCUT2D eigenvalue weighted by atomic mass is 9.90. The number of benzene rings is 1. The molecule has 0 radical (unpaired) electrons. The molecule has 0 amide bonds. The van der Waals surface area contributed by atoms with Crippen LogP contribution in [0.4, 0.5) is 4.39 Å². The average molecular weight is 610 g/mol. The highest BCUT2D eigenvalue weighted by atomic mass is 79.9. The summed E-state index contributed by atoms with van der Waals surface area (Å²) in [5.74, 6) is -1.54. The van der Waals surface area contributed by atoms with Gasteiger partial charge in [-0.05, 0) is 37.5 Å². The lowest BCUT2D eigenvalue weighted by molar-refractivity contribution is -0.140. The quantitative estimate of drug-likeness (QED) is 0.408. The fourth-order valence-corrected chi connectivity index (χ4v) is 6.23. The standard InChI is InChI=1S/C26H30BrFN4O5S/c1-4-36-26(35)21-19(13-32-8-9-37-15(3)23(32)14(2)11-20(33)34)30-24(25-29-7-10-38-25)31-22(21)17-6-5-16(28)12-18(17)27/h5-7,10,12,14-15,22-23H,4,8-9,11,13H2,1-3H3,(H,30,31)(H,33,34)/t14?,15-,22+,23-/m1/s1. The Morgan fingerprint density at radius 1 is 1.42 bits per heavy atom. The van der Waals surface area contributed by atoms with Gasteiger partial charge in [-0.3, -0.25) is 14.7 Å².